The Kier molecular flexibility index (Phi) is 5.44. The maximum absolute atomic E-state index is 12.6. The smallest absolute Gasteiger partial charge is 0.237 e. The van der Waals surface area contributed by atoms with Crippen molar-refractivity contribution in [2.24, 2.45) is 11.8 Å². The van der Waals surface area contributed by atoms with Crippen molar-refractivity contribution in [2.45, 2.75) is 38.1 Å². The van der Waals surface area contributed by atoms with E-state index in [1.54, 1.807) is 4.90 Å². The van der Waals surface area contributed by atoms with E-state index < -0.39 is 0 Å². The van der Waals surface area contributed by atoms with E-state index in [9.17, 15) is 9.59 Å². The lowest BCUT2D eigenvalue weighted by Gasteiger charge is -2.41. The molecule has 4 rings (SSSR count). The normalized spacial score (nSPS) is 24.2. The molecule has 2 aliphatic rings. The summed E-state index contributed by atoms with van der Waals surface area (Å²) < 4.78 is 0. The van der Waals surface area contributed by atoms with Crippen molar-refractivity contribution in [1.29, 1.82) is 0 Å². The number of carbonyl (C=O) groups is 2. The molecule has 0 spiro atoms. The number of hydrazine groups is 1. The minimum Gasteiger partial charge on any atom is -0.315 e. The Hall–Kier alpha value is -2.66. The highest BCUT2D eigenvalue weighted by Gasteiger charge is 2.40. The lowest BCUT2D eigenvalue weighted by molar-refractivity contribution is -0.133. The van der Waals surface area contributed by atoms with Gasteiger partial charge in [0, 0.05) is 18.7 Å². The second-order valence-electron chi connectivity index (χ2n) is 7.87. The van der Waals surface area contributed by atoms with Crippen LogP contribution in [0, 0.1) is 11.8 Å². The molecule has 0 radical (unpaired) electrons. The molecule has 3 atom stereocenters. The summed E-state index contributed by atoms with van der Waals surface area (Å²) in [4.78, 5) is 26.4. The van der Waals surface area contributed by atoms with E-state index in [4.69, 9.17) is 0 Å². The Balaban J connectivity index is 1.44. The summed E-state index contributed by atoms with van der Waals surface area (Å²) in [5.74, 6) is 0.654. The van der Waals surface area contributed by atoms with E-state index in [1.165, 1.54) is 12.0 Å². The molecule has 0 aromatic heterocycles. The van der Waals surface area contributed by atoms with E-state index in [0.29, 0.717) is 12.3 Å². The van der Waals surface area contributed by atoms with Crippen LogP contribution >= 0.6 is 0 Å². The van der Waals surface area contributed by atoms with Crippen LogP contribution in [0.5, 0.6) is 0 Å². The maximum atomic E-state index is 12.6. The molecular formula is C23H27N3O2. The van der Waals surface area contributed by atoms with Gasteiger partial charge in [-0.15, -0.1) is 0 Å². The second kappa shape index (κ2) is 8.15. The van der Waals surface area contributed by atoms with Gasteiger partial charge in [0.05, 0.1) is 12.5 Å². The van der Waals surface area contributed by atoms with Gasteiger partial charge in [0.15, 0.2) is 0 Å². The molecule has 5 nitrogen and oxygen atoms in total. The maximum Gasteiger partial charge on any atom is 0.237 e. The first-order chi connectivity index (χ1) is 13.6. The monoisotopic (exact) mass is 377 g/mol. The van der Waals surface area contributed by atoms with Gasteiger partial charge in [-0.3, -0.25) is 15.0 Å². The van der Waals surface area contributed by atoms with Crippen LogP contribution in [0.3, 0.4) is 0 Å². The fourth-order valence-electron chi connectivity index (χ4n) is 4.49. The first-order valence-electron chi connectivity index (χ1n) is 10.1. The number of rotatable bonds is 4. The van der Waals surface area contributed by atoms with Crippen molar-refractivity contribution in [2.75, 3.05) is 11.9 Å². The quantitative estimate of drug-likeness (QED) is 0.859. The van der Waals surface area contributed by atoms with Crippen LogP contribution in [0.1, 0.15) is 42.9 Å². The molecule has 2 N–H and O–H groups in total. The Labute approximate surface area is 166 Å². The van der Waals surface area contributed by atoms with E-state index >= 15 is 0 Å². The van der Waals surface area contributed by atoms with E-state index in [1.807, 2.05) is 49.5 Å². The SMILES string of the molecule is CN(C(=O)Cc1ccc(C2NNC(=O)C3CCCCC32)cc1)c1ccccc1. The molecule has 1 aliphatic carbocycles. The summed E-state index contributed by atoms with van der Waals surface area (Å²) >= 11 is 0. The zero-order chi connectivity index (χ0) is 19.5. The van der Waals surface area contributed by atoms with E-state index in [-0.39, 0.29) is 23.8 Å². The van der Waals surface area contributed by atoms with Crippen molar-refractivity contribution in [3.8, 4) is 0 Å². The summed E-state index contributed by atoms with van der Waals surface area (Å²) in [6.45, 7) is 0. The molecule has 1 heterocycles. The molecule has 2 aromatic carbocycles. The molecule has 28 heavy (non-hydrogen) atoms. The van der Waals surface area contributed by atoms with Gasteiger partial charge < -0.3 is 4.90 Å². The topological polar surface area (TPSA) is 61.4 Å². The van der Waals surface area contributed by atoms with Crippen molar-refractivity contribution < 1.29 is 9.59 Å². The number of benzene rings is 2. The number of nitrogens with one attached hydrogen (secondary N) is 2. The van der Waals surface area contributed by atoms with Crippen molar-refractivity contribution in [1.82, 2.24) is 10.9 Å². The number of amides is 2. The van der Waals surface area contributed by atoms with Crippen LogP contribution in [0.4, 0.5) is 5.69 Å². The van der Waals surface area contributed by atoms with Gasteiger partial charge in [-0.05, 0) is 42.0 Å². The molecule has 5 heteroatoms. The van der Waals surface area contributed by atoms with E-state index in [2.05, 4.69) is 23.0 Å². The van der Waals surface area contributed by atoms with Gasteiger partial charge in [0.2, 0.25) is 11.8 Å². The van der Waals surface area contributed by atoms with Crippen LogP contribution in [-0.4, -0.2) is 18.9 Å². The van der Waals surface area contributed by atoms with Crippen LogP contribution in [0.15, 0.2) is 54.6 Å². The van der Waals surface area contributed by atoms with Crippen LogP contribution < -0.4 is 15.8 Å². The average Bonchev–Trinajstić information content (AvgIpc) is 2.75. The van der Waals surface area contributed by atoms with Crippen LogP contribution in [0.2, 0.25) is 0 Å². The summed E-state index contributed by atoms with van der Waals surface area (Å²) in [6, 6.07) is 18.1. The van der Waals surface area contributed by atoms with Gasteiger partial charge in [0.25, 0.3) is 0 Å². The van der Waals surface area contributed by atoms with Crippen LogP contribution in [0.25, 0.3) is 0 Å². The summed E-state index contributed by atoms with van der Waals surface area (Å²) in [5, 5.41) is 0. The third-order valence-electron chi connectivity index (χ3n) is 6.15. The molecule has 2 aromatic rings. The van der Waals surface area contributed by atoms with Crippen molar-refractivity contribution in [3.05, 3.63) is 65.7 Å². The molecular weight excluding hydrogens is 350 g/mol. The Morgan fingerprint density at radius 3 is 2.50 bits per heavy atom. The van der Waals surface area contributed by atoms with Gasteiger partial charge in [-0.2, -0.15) is 0 Å². The number of hydrogen-bond donors (Lipinski definition) is 2. The number of anilines is 1. The molecule has 3 unspecified atom stereocenters. The highest BCUT2D eigenvalue weighted by Crippen LogP contribution is 2.40. The largest absolute Gasteiger partial charge is 0.315 e. The number of nitrogens with zero attached hydrogens (tertiary/aromatic N) is 1. The lowest BCUT2D eigenvalue weighted by atomic mass is 9.72. The molecule has 2 amide bonds. The zero-order valence-electron chi connectivity index (χ0n) is 16.2. The molecule has 1 saturated carbocycles. The average molecular weight is 377 g/mol. The van der Waals surface area contributed by atoms with Gasteiger partial charge >= 0.3 is 0 Å². The number of fused-ring (bicyclic) bond motifs is 1. The van der Waals surface area contributed by atoms with Gasteiger partial charge in [0.1, 0.15) is 0 Å². The molecule has 1 aliphatic heterocycles. The number of likely N-dealkylation sites (N-methyl/N-ethyl adjacent to an activating group) is 1. The van der Waals surface area contributed by atoms with E-state index in [0.717, 1.165) is 30.5 Å². The van der Waals surface area contributed by atoms with Crippen molar-refractivity contribution in [3.63, 3.8) is 0 Å². The zero-order valence-corrected chi connectivity index (χ0v) is 16.2. The highest BCUT2D eigenvalue weighted by atomic mass is 16.2. The molecule has 2 fully saturated rings. The lowest BCUT2D eigenvalue weighted by Crippen LogP contribution is -2.55. The third-order valence-corrected chi connectivity index (χ3v) is 6.15. The second-order valence-corrected chi connectivity index (χ2v) is 7.87. The number of carbonyl (C=O) groups excluding carboxylic acids is 2. The van der Waals surface area contributed by atoms with Gasteiger partial charge in [-0.25, -0.2) is 5.43 Å². The minimum absolute atomic E-state index is 0.0642. The highest BCUT2D eigenvalue weighted by molar-refractivity contribution is 5.94. The summed E-state index contributed by atoms with van der Waals surface area (Å²) in [6.07, 6.45) is 4.75. The fourth-order valence-corrected chi connectivity index (χ4v) is 4.49. The Morgan fingerprint density at radius 1 is 1.04 bits per heavy atom. The van der Waals surface area contributed by atoms with Crippen LogP contribution in [-0.2, 0) is 16.0 Å². The molecule has 146 valence electrons. The third kappa shape index (κ3) is 3.80. The Morgan fingerprint density at radius 2 is 1.75 bits per heavy atom. The Bertz CT molecular complexity index is 835. The molecule has 1 saturated heterocycles. The first-order valence-corrected chi connectivity index (χ1v) is 10.1. The summed E-state index contributed by atoms with van der Waals surface area (Å²) in [7, 11) is 1.81. The number of para-hydroxylation sites is 1. The predicted molar refractivity (Wildman–Crippen MR) is 109 cm³/mol. The standard InChI is InChI=1S/C23H27N3O2/c1-26(18-7-3-2-4-8-18)21(27)15-16-11-13-17(14-12-16)22-19-9-5-6-10-20(19)23(28)25-24-22/h2-4,7-8,11-14,19-20,22,24H,5-6,9-10,15H2,1H3,(H,25,28). The summed E-state index contributed by atoms with van der Waals surface area (Å²) in [5.41, 5.74) is 9.14. The number of hydrogen-bond acceptors (Lipinski definition) is 3. The first kappa shape index (κ1) is 18.7. The fraction of sp³-hybridized carbons (Fsp3) is 0.391. The van der Waals surface area contributed by atoms with Crippen molar-refractivity contribution >= 4 is 17.5 Å². The molecule has 0 bridgehead atoms. The minimum atomic E-state index is 0.0642. The van der Waals surface area contributed by atoms with Gasteiger partial charge in [-0.1, -0.05) is 55.3 Å². The predicted octanol–water partition coefficient (Wildman–Crippen LogP) is 3.37.